The van der Waals surface area contributed by atoms with Gasteiger partial charge in [-0.3, -0.25) is 14.5 Å². The summed E-state index contributed by atoms with van der Waals surface area (Å²) in [6.45, 7) is 0.940. The normalized spacial score (nSPS) is 14.0. The summed E-state index contributed by atoms with van der Waals surface area (Å²) >= 11 is 0. The maximum absolute atomic E-state index is 13.1. The maximum atomic E-state index is 13.1. The largest absolute Gasteiger partial charge is 0.338 e. The third-order valence-electron chi connectivity index (χ3n) is 4.99. The van der Waals surface area contributed by atoms with Crippen LogP contribution in [-0.2, 0) is 7.05 Å². The van der Waals surface area contributed by atoms with Crippen molar-refractivity contribution in [3.05, 3.63) is 66.3 Å². The summed E-state index contributed by atoms with van der Waals surface area (Å²) in [6, 6.07) is 7.71. The number of likely N-dealkylation sites (tertiary alicyclic amines) is 1. The average molecular weight is 405 g/mol. The van der Waals surface area contributed by atoms with Crippen LogP contribution in [0, 0.1) is 5.82 Å². The fourth-order valence-corrected chi connectivity index (χ4v) is 3.31. The van der Waals surface area contributed by atoms with Crippen LogP contribution in [0.1, 0.15) is 22.3 Å². The molecule has 1 aromatic carbocycles. The molecule has 5 rings (SSSR count). The Balaban J connectivity index is 1.27. The van der Waals surface area contributed by atoms with Gasteiger partial charge >= 0.3 is 0 Å². The maximum Gasteiger partial charge on any atom is 0.272 e. The molecule has 0 N–H and O–H groups in total. The molecule has 1 aliphatic heterocycles. The summed E-state index contributed by atoms with van der Waals surface area (Å²) in [5.74, 6) is 0.358. The number of halogens is 1. The minimum atomic E-state index is -0.318. The van der Waals surface area contributed by atoms with E-state index < -0.39 is 0 Å². The quantitative estimate of drug-likeness (QED) is 0.513. The number of aryl methyl sites for hydroxylation is 1. The van der Waals surface area contributed by atoms with Gasteiger partial charge in [-0.25, -0.2) is 9.37 Å². The second kappa shape index (κ2) is 7.14. The lowest BCUT2D eigenvalue weighted by Gasteiger charge is -2.36. The number of nitrogens with zero attached hydrogens (tertiary/aromatic N) is 7. The van der Waals surface area contributed by atoms with Gasteiger partial charge in [0.2, 0.25) is 11.7 Å². The molecule has 0 aliphatic carbocycles. The van der Waals surface area contributed by atoms with Gasteiger partial charge in [0, 0.05) is 38.1 Å². The Bertz CT molecular complexity index is 1200. The molecule has 0 spiro atoms. The van der Waals surface area contributed by atoms with Crippen molar-refractivity contribution in [1.29, 1.82) is 0 Å². The molecule has 1 saturated heterocycles. The van der Waals surface area contributed by atoms with Crippen LogP contribution in [0.25, 0.3) is 22.8 Å². The van der Waals surface area contributed by atoms with Gasteiger partial charge in [0.1, 0.15) is 17.2 Å². The first-order valence-electron chi connectivity index (χ1n) is 9.28. The fourth-order valence-electron chi connectivity index (χ4n) is 3.31. The number of amides is 1. The molecule has 3 aromatic heterocycles. The van der Waals surface area contributed by atoms with Crippen molar-refractivity contribution >= 4 is 5.91 Å². The van der Waals surface area contributed by atoms with Crippen LogP contribution in [0.2, 0.25) is 0 Å². The van der Waals surface area contributed by atoms with Crippen LogP contribution in [-0.4, -0.2) is 53.8 Å². The first-order valence-corrected chi connectivity index (χ1v) is 9.28. The number of carbonyl (C=O) groups is 1. The molecule has 4 heterocycles. The van der Waals surface area contributed by atoms with Crippen LogP contribution >= 0.6 is 0 Å². The molecule has 0 radical (unpaired) electrons. The highest BCUT2D eigenvalue weighted by Crippen LogP contribution is 2.29. The zero-order valence-electron chi connectivity index (χ0n) is 15.9. The van der Waals surface area contributed by atoms with E-state index in [9.17, 15) is 9.18 Å². The molecule has 150 valence electrons. The van der Waals surface area contributed by atoms with E-state index in [2.05, 4.69) is 25.2 Å². The summed E-state index contributed by atoms with van der Waals surface area (Å²) in [5, 5.41) is 8.32. The summed E-state index contributed by atoms with van der Waals surface area (Å²) < 4.78 is 20.0. The van der Waals surface area contributed by atoms with Gasteiger partial charge < -0.3 is 9.42 Å². The highest BCUT2D eigenvalue weighted by Gasteiger charge is 2.37. The molecule has 10 heteroatoms. The molecule has 1 amide bonds. The standard InChI is InChI=1S/C20H16FN7O2/c1-27-17(8-15(25-27)12-2-4-14(21)5-3-12)20(29)28-10-13(11-28)19-24-18(26-30-19)16-9-22-6-7-23-16/h2-9,13H,10-11H2,1H3. The zero-order valence-corrected chi connectivity index (χ0v) is 15.9. The van der Waals surface area contributed by atoms with Crippen molar-refractivity contribution in [2.24, 2.45) is 7.05 Å². The minimum Gasteiger partial charge on any atom is -0.338 e. The highest BCUT2D eigenvalue weighted by atomic mass is 19.1. The molecule has 0 unspecified atom stereocenters. The van der Waals surface area contributed by atoms with E-state index in [0.29, 0.717) is 41.9 Å². The zero-order chi connectivity index (χ0) is 20.7. The highest BCUT2D eigenvalue weighted by molar-refractivity contribution is 5.94. The predicted octanol–water partition coefficient (Wildman–Crippen LogP) is 2.31. The Morgan fingerprint density at radius 2 is 1.97 bits per heavy atom. The van der Waals surface area contributed by atoms with Crippen LogP contribution in [0.5, 0.6) is 0 Å². The van der Waals surface area contributed by atoms with Gasteiger partial charge in [0.25, 0.3) is 5.91 Å². The van der Waals surface area contributed by atoms with E-state index in [1.165, 1.54) is 16.8 Å². The summed E-state index contributed by atoms with van der Waals surface area (Å²) in [7, 11) is 1.71. The summed E-state index contributed by atoms with van der Waals surface area (Å²) in [6.07, 6.45) is 4.69. The van der Waals surface area contributed by atoms with E-state index in [4.69, 9.17) is 4.52 Å². The molecular weight excluding hydrogens is 389 g/mol. The molecular formula is C20H16FN7O2. The molecule has 30 heavy (non-hydrogen) atoms. The number of aromatic nitrogens is 6. The average Bonchev–Trinajstić information content (AvgIpc) is 3.35. The van der Waals surface area contributed by atoms with E-state index in [0.717, 1.165) is 5.56 Å². The summed E-state index contributed by atoms with van der Waals surface area (Å²) in [5.41, 5.74) is 2.35. The smallest absolute Gasteiger partial charge is 0.272 e. The van der Waals surface area contributed by atoms with Crippen molar-refractivity contribution < 1.29 is 13.7 Å². The lowest BCUT2D eigenvalue weighted by molar-refractivity contribution is 0.0558. The van der Waals surface area contributed by atoms with E-state index in [1.54, 1.807) is 48.7 Å². The van der Waals surface area contributed by atoms with Crippen molar-refractivity contribution in [2.75, 3.05) is 13.1 Å². The third-order valence-corrected chi connectivity index (χ3v) is 4.99. The fraction of sp³-hybridized carbons (Fsp3) is 0.200. The number of hydrogen-bond acceptors (Lipinski definition) is 7. The lowest BCUT2D eigenvalue weighted by Crippen LogP contribution is -2.49. The minimum absolute atomic E-state index is 0.0309. The van der Waals surface area contributed by atoms with Gasteiger partial charge in [-0.05, 0) is 30.3 Å². The molecule has 1 fully saturated rings. The Hall–Kier alpha value is -3.95. The van der Waals surface area contributed by atoms with Crippen molar-refractivity contribution in [2.45, 2.75) is 5.92 Å². The molecule has 9 nitrogen and oxygen atoms in total. The molecule has 0 bridgehead atoms. The second-order valence-electron chi connectivity index (χ2n) is 7.00. The van der Waals surface area contributed by atoms with Gasteiger partial charge in [-0.1, -0.05) is 5.16 Å². The van der Waals surface area contributed by atoms with E-state index >= 15 is 0 Å². The topological polar surface area (TPSA) is 103 Å². The summed E-state index contributed by atoms with van der Waals surface area (Å²) in [4.78, 5) is 27.1. The molecule has 0 saturated carbocycles. The Morgan fingerprint density at radius 3 is 2.70 bits per heavy atom. The number of carbonyl (C=O) groups excluding carboxylic acids is 1. The Labute approximate surface area is 170 Å². The molecule has 0 atom stereocenters. The van der Waals surface area contributed by atoms with Crippen molar-refractivity contribution in [1.82, 2.24) is 34.8 Å². The van der Waals surface area contributed by atoms with Gasteiger partial charge in [-0.15, -0.1) is 0 Å². The predicted molar refractivity (Wildman–Crippen MR) is 103 cm³/mol. The number of benzene rings is 1. The van der Waals surface area contributed by atoms with E-state index in [1.807, 2.05) is 0 Å². The first-order chi connectivity index (χ1) is 14.6. The lowest BCUT2D eigenvalue weighted by atomic mass is 9.99. The van der Waals surface area contributed by atoms with Crippen LogP contribution in [0.15, 0.2) is 53.4 Å². The first kappa shape index (κ1) is 18.1. The SMILES string of the molecule is Cn1nc(-c2ccc(F)cc2)cc1C(=O)N1CC(c2nc(-c3cnccn3)no2)C1. The third kappa shape index (κ3) is 3.21. The Kier molecular flexibility index (Phi) is 4.31. The monoisotopic (exact) mass is 405 g/mol. The van der Waals surface area contributed by atoms with Crippen LogP contribution in [0.4, 0.5) is 4.39 Å². The van der Waals surface area contributed by atoms with Gasteiger partial charge in [0.15, 0.2) is 0 Å². The van der Waals surface area contributed by atoms with Crippen molar-refractivity contribution in [3.8, 4) is 22.8 Å². The molecule has 4 aromatic rings. The number of hydrogen-bond donors (Lipinski definition) is 0. The number of rotatable bonds is 4. The van der Waals surface area contributed by atoms with Crippen molar-refractivity contribution in [3.63, 3.8) is 0 Å². The second-order valence-corrected chi connectivity index (χ2v) is 7.00. The van der Waals surface area contributed by atoms with E-state index in [-0.39, 0.29) is 17.6 Å². The van der Waals surface area contributed by atoms with Crippen LogP contribution in [0.3, 0.4) is 0 Å². The molecule has 1 aliphatic rings. The van der Waals surface area contributed by atoms with Gasteiger partial charge in [-0.2, -0.15) is 10.1 Å². The van der Waals surface area contributed by atoms with Crippen LogP contribution < -0.4 is 0 Å². The van der Waals surface area contributed by atoms with Gasteiger partial charge in [0.05, 0.1) is 17.8 Å². The Morgan fingerprint density at radius 1 is 1.17 bits per heavy atom.